The predicted molar refractivity (Wildman–Crippen MR) is 76.4 cm³/mol. The molecule has 0 saturated heterocycles. The molecular weight excluding hydrogens is 208 g/mol. The lowest BCUT2D eigenvalue weighted by Crippen LogP contribution is -2.21. The Balaban J connectivity index is 2.76. The lowest BCUT2D eigenvalue weighted by Gasteiger charge is -2.21. The first kappa shape index (κ1) is 13.8. The van der Waals surface area contributed by atoms with Crippen LogP contribution in [0.3, 0.4) is 0 Å². The molecule has 0 amide bonds. The van der Waals surface area contributed by atoms with Crippen LogP contribution in [0.15, 0.2) is 36.4 Å². The highest BCUT2D eigenvalue weighted by Gasteiger charge is 2.07. The Morgan fingerprint density at radius 3 is 2.18 bits per heavy atom. The van der Waals surface area contributed by atoms with Gasteiger partial charge in [0.25, 0.3) is 0 Å². The van der Waals surface area contributed by atoms with E-state index in [1.54, 1.807) is 0 Å². The Morgan fingerprint density at radius 2 is 1.76 bits per heavy atom. The van der Waals surface area contributed by atoms with E-state index in [0.29, 0.717) is 0 Å². The van der Waals surface area contributed by atoms with Gasteiger partial charge in [0.15, 0.2) is 0 Å². The Kier molecular flexibility index (Phi) is 5.23. The van der Waals surface area contributed by atoms with E-state index in [4.69, 9.17) is 5.73 Å². The average molecular weight is 232 g/mol. The highest BCUT2D eigenvalue weighted by Crippen LogP contribution is 2.21. The molecule has 2 N–H and O–H groups in total. The van der Waals surface area contributed by atoms with Crippen LogP contribution in [0.2, 0.25) is 0 Å². The summed E-state index contributed by atoms with van der Waals surface area (Å²) in [6.45, 7) is 12.3. The maximum absolute atomic E-state index is 6.11. The molecule has 1 aromatic carbocycles. The maximum Gasteiger partial charge on any atom is 0.0366 e. The van der Waals surface area contributed by atoms with Crippen molar-refractivity contribution in [3.05, 3.63) is 42.0 Å². The third kappa shape index (κ3) is 3.90. The zero-order chi connectivity index (χ0) is 12.8. The fraction of sp³-hybridized carbons (Fsp3) is 0.467. The van der Waals surface area contributed by atoms with Crippen LogP contribution in [0, 0.1) is 0 Å². The molecule has 0 aliphatic rings. The number of rotatable bonds is 6. The minimum Gasteiger partial charge on any atom is -0.372 e. The van der Waals surface area contributed by atoms with Crippen molar-refractivity contribution in [2.75, 3.05) is 18.0 Å². The van der Waals surface area contributed by atoms with E-state index in [9.17, 15) is 0 Å². The van der Waals surface area contributed by atoms with Crippen molar-refractivity contribution in [3.8, 4) is 0 Å². The summed E-state index contributed by atoms with van der Waals surface area (Å²) in [5, 5.41) is 0. The Morgan fingerprint density at radius 1 is 1.24 bits per heavy atom. The quantitative estimate of drug-likeness (QED) is 0.761. The van der Waals surface area contributed by atoms with Crippen molar-refractivity contribution < 1.29 is 0 Å². The third-order valence-corrected chi connectivity index (χ3v) is 3.02. The van der Waals surface area contributed by atoms with Gasteiger partial charge in [0.1, 0.15) is 0 Å². The first-order chi connectivity index (χ1) is 8.08. The van der Waals surface area contributed by atoms with Gasteiger partial charge >= 0.3 is 0 Å². The molecule has 17 heavy (non-hydrogen) atoms. The second-order valence-corrected chi connectivity index (χ2v) is 4.53. The molecule has 0 fully saturated rings. The summed E-state index contributed by atoms with van der Waals surface area (Å²) in [7, 11) is 0. The molecule has 0 unspecified atom stereocenters. The number of anilines is 1. The average Bonchev–Trinajstić information content (AvgIpc) is 2.30. The molecule has 0 saturated carbocycles. The van der Waals surface area contributed by atoms with E-state index >= 15 is 0 Å². The minimum absolute atomic E-state index is 0.0678. The zero-order valence-corrected chi connectivity index (χ0v) is 11.2. The number of hydrogen-bond acceptors (Lipinski definition) is 2. The van der Waals surface area contributed by atoms with Crippen molar-refractivity contribution in [1.29, 1.82) is 0 Å². The van der Waals surface area contributed by atoms with Gasteiger partial charge in [-0.3, -0.25) is 0 Å². The van der Waals surface area contributed by atoms with E-state index in [1.807, 2.05) is 6.92 Å². The van der Waals surface area contributed by atoms with Crippen molar-refractivity contribution in [2.24, 2.45) is 5.73 Å². The largest absolute Gasteiger partial charge is 0.372 e. The van der Waals surface area contributed by atoms with Crippen LogP contribution in [-0.2, 0) is 0 Å². The molecule has 1 atom stereocenters. The monoisotopic (exact) mass is 232 g/mol. The molecule has 0 aliphatic heterocycles. The van der Waals surface area contributed by atoms with Crippen LogP contribution in [-0.4, -0.2) is 13.1 Å². The first-order valence-electron chi connectivity index (χ1n) is 6.33. The van der Waals surface area contributed by atoms with Gasteiger partial charge in [-0.25, -0.2) is 0 Å². The molecule has 0 aromatic heterocycles. The number of hydrogen-bond donors (Lipinski definition) is 1. The van der Waals surface area contributed by atoms with Crippen LogP contribution in [0.25, 0.3) is 0 Å². The van der Waals surface area contributed by atoms with E-state index < -0.39 is 0 Å². The standard InChI is InChI=1S/C15H24N2/c1-5-17(6-2)14-9-7-13(8-10-14)15(16)11-12(3)4/h7-10,15H,3,5-6,11,16H2,1-2,4H3/t15-/m1/s1. The summed E-state index contributed by atoms with van der Waals surface area (Å²) in [6.07, 6.45) is 0.852. The highest BCUT2D eigenvalue weighted by atomic mass is 15.1. The van der Waals surface area contributed by atoms with Gasteiger partial charge < -0.3 is 10.6 Å². The summed E-state index contributed by atoms with van der Waals surface area (Å²) in [5.74, 6) is 0. The van der Waals surface area contributed by atoms with Crippen LogP contribution in [0.1, 0.15) is 38.8 Å². The Hall–Kier alpha value is -1.28. The molecule has 2 nitrogen and oxygen atoms in total. The smallest absolute Gasteiger partial charge is 0.0366 e. The fourth-order valence-corrected chi connectivity index (χ4v) is 2.01. The summed E-state index contributed by atoms with van der Waals surface area (Å²) in [5.41, 5.74) is 9.69. The Labute approximate surface area is 105 Å². The van der Waals surface area contributed by atoms with Crippen molar-refractivity contribution in [2.45, 2.75) is 33.2 Å². The highest BCUT2D eigenvalue weighted by molar-refractivity contribution is 5.47. The summed E-state index contributed by atoms with van der Waals surface area (Å²) < 4.78 is 0. The molecule has 1 aromatic rings. The first-order valence-corrected chi connectivity index (χ1v) is 6.33. The SMILES string of the molecule is C=C(C)C[C@@H](N)c1ccc(N(CC)CC)cc1. The van der Waals surface area contributed by atoms with E-state index in [-0.39, 0.29) is 6.04 Å². The predicted octanol–water partition coefficient (Wildman–Crippen LogP) is 3.50. The molecular formula is C15H24N2. The number of nitrogens with two attached hydrogens (primary N) is 1. The van der Waals surface area contributed by atoms with Gasteiger partial charge in [-0.05, 0) is 44.9 Å². The molecule has 0 heterocycles. The molecule has 1 rings (SSSR count). The van der Waals surface area contributed by atoms with Crippen molar-refractivity contribution in [1.82, 2.24) is 0 Å². The van der Waals surface area contributed by atoms with E-state index in [1.165, 1.54) is 11.3 Å². The van der Waals surface area contributed by atoms with Crippen LogP contribution in [0.5, 0.6) is 0 Å². The zero-order valence-electron chi connectivity index (χ0n) is 11.2. The molecule has 94 valence electrons. The van der Waals surface area contributed by atoms with Gasteiger partial charge in [-0.2, -0.15) is 0 Å². The Bertz CT molecular complexity index is 350. The topological polar surface area (TPSA) is 29.3 Å². The summed E-state index contributed by atoms with van der Waals surface area (Å²) >= 11 is 0. The van der Waals surface area contributed by atoms with Crippen molar-refractivity contribution in [3.63, 3.8) is 0 Å². The summed E-state index contributed by atoms with van der Waals surface area (Å²) in [6, 6.07) is 8.63. The lowest BCUT2D eigenvalue weighted by atomic mass is 10.0. The summed E-state index contributed by atoms with van der Waals surface area (Å²) in [4.78, 5) is 2.33. The second kappa shape index (κ2) is 6.45. The van der Waals surface area contributed by atoms with Crippen LogP contribution >= 0.6 is 0 Å². The molecule has 0 bridgehead atoms. The second-order valence-electron chi connectivity index (χ2n) is 4.53. The van der Waals surface area contributed by atoms with E-state index in [2.05, 4.69) is 49.6 Å². The number of nitrogens with zero attached hydrogens (tertiary/aromatic N) is 1. The van der Waals surface area contributed by atoms with Gasteiger partial charge in [-0.1, -0.05) is 17.7 Å². The lowest BCUT2D eigenvalue weighted by molar-refractivity contribution is 0.717. The third-order valence-electron chi connectivity index (χ3n) is 3.02. The van der Waals surface area contributed by atoms with Crippen LogP contribution < -0.4 is 10.6 Å². The van der Waals surface area contributed by atoms with Gasteiger partial charge in [-0.15, -0.1) is 6.58 Å². The normalized spacial score (nSPS) is 12.2. The van der Waals surface area contributed by atoms with Gasteiger partial charge in [0.2, 0.25) is 0 Å². The van der Waals surface area contributed by atoms with Gasteiger partial charge in [0, 0.05) is 24.8 Å². The molecule has 0 spiro atoms. The molecule has 0 radical (unpaired) electrons. The number of benzene rings is 1. The van der Waals surface area contributed by atoms with E-state index in [0.717, 1.165) is 25.1 Å². The maximum atomic E-state index is 6.11. The van der Waals surface area contributed by atoms with Gasteiger partial charge in [0.05, 0.1) is 0 Å². The van der Waals surface area contributed by atoms with Crippen molar-refractivity contribution >= 4 is 5.69 Å². The minimum atomic E-state index is 0.0678. The molecule has 2 heteroatoms. The fourth-order valence-electron chi connectivity index (χ4n) is 2.01. The molecule has 0 aliphatic carbocycles. The van der Waals surface area contributed by atoms with Crippen LogP contribution in [0.4, 0.5) is 5.69 Å².